The van der Waals surface area contributed by atoms with E-state index in [0.717, 1.165) is 0 Å². The third-order valence-electron chi connectivity index (χ3n) is 2.49. The van der Waals surface area contributed by atoms with E-state index in [9.17, 15) is 4.39 Å². The SMILES string of the molecule is COCc1c(F)ccc(-c2cc(N)no2)c1OC. The molecule has 18 heavy (non-hydrogen) atoms. The fraction of sp³-hybridized carbons (Fsp3) is 0.250. The van der Waals surface area contributed by atoms with Gasteiger partial charge in [0.25, 0.3) is 0 Å². The van der Waals surface area contributed by atoms with Crippen LogP contribution in [0.3, 0.4) is 0 Å². The summed E-state index contributed by atoms with van der Waals surface area (Å²) in [5.74, 6) is 0.629. The third kappa shape index (κ3) is 2.14. The number of halogens is 1. The van der Waals surface area contributed by atoms with Gasteiger partial charge in [0.2, 0.25) is 0 Å². The Kier molecular flexibility index (Phi) is 3.47. The molecular formula is C12H13FN2O3. The lowest BCUT2D eigenvalue weighted by molar-refractivity contribution is 0.178. The smallest absolute Gasteiger partial charge is 0.172 e. The number of nitrogen functional groups attached to an aromatic ring is 1. The Balaban J connectivity index is 2.57. The summed E-state index contributed by atoms with van der Waals surface area (Å²) in [4.78, 5) is 0. The van der Waals surface area contributed by atoms with E-state index < -0.39 is 5.82 Å². The first kappa shape index (κ1) is 12.4. The van der Waals surface area contributed by atoms with Crippen LogP contribution < -0.4 is 10.5 Å². The second-order valence-electron chi connectivity index (χ2n) is 3.66. The van der Waals surface area contributed by atoms with Gasteiger partial charge in [-0.2, -0.15) is 0 Å². The summed E-state index contributed by atoms with van der Waals surface area (Å²) in [6.07, 6.45) is 0. The lowest BCUT2D eigenvalue weighted by Gasteiger charge is -2.12. The van der Waals surface area contributed by atoms with Gasteiger partial charge in [0, 0.05) is 13.2 Å². The zero-order valence-electron chi connectivity index (χ0n) is 10.1. The van der Waals surface area contributed by atoms with E-state index in [1.165, 1.54) is 20.3 Å². The van der Waals surface area contributed by atoms with Gasteiger partial charge >= 0.3 is 0 Å². The molecule has 6 heteroatoms. The molecule has 1 heterocycles. The fourth-order valence-corrected chi connectivity index (χ4v) is 1.73. The largest absolute Gasteiger partial charge is 0.495 e. The summed E-state index contributed by atoms with van der Waals surface area (Å²) < 4.78 is 28.9. The molecule has 0 saturated heterocycles. The second-order valence-corrected chi connectivity index (χ2v) is 3.66. The van der Waals surface area contributed by atoms with Gasteiger partial charge in [-0.1, -0.05) is 5.16 Å². The molecule has 2 rings (SSSR count). The van der Waals surface area contributed by atoms with Crippen molar-refractivity contribution in [1.82, 2.24) is 5.16 Å². The summed E-state index contributed by atoms with van der Waals surface area (Å²) in [7, 11) is 2.94. The Labute approximate surface area is 103 Å². The van der Waals surface area contributed by atoms with Crippen LogP contribution in [0.25, 0.3) is 11.3 Å². The molecule has 0 fully saturated rings. The molecule has 0 spiro atoms. The number of benzene rings is 1. The van der Waals surface area contributed by atoms with E-state index in [0.29, 0.717) is 22.6 Å². The lowest BCUT2D eigenvalue weighted by Crippen LogP contribution is -1.99. The Morgan fingerprint density at radius 3 is 2.72 bits per heavy atom. The van der Waals surface area contributed by atoms with E-state index in [1.807, 2.05) is 0 Å². The minimum absolute atomic E-state index is 0.104. The number of ether oxygens (including phenoxy) is 2. The Morgan fingerprint density at radius 2 is 2.17 bits per heavy atom. The first-order valence-corrected chi connectivity index (χ1v) is 5.24. The van der Waals surface area contributed by atoms with Crippen LogP contribution in [0.15, 0.2) is 22.7 Å². The van der Waals surface area contributed by atoms with Gasteiger partial charge in [-0.3, -0.25) is 0 Å². The van der Waals surface area contributed by atoms with Gasteiger partial charge in [0.1, 0.15) is 11.6 Å². The van der Waals surface area contributed by atoms with Crippen molar-refractivity contribution in [2.75, 3.05) is 20.0 Å². The molecule has 0 aliphatic heterocycles. The van der Waals surface area contributed by atoms with Gasteiger partial charge < -0.3 is 19.7 Å². The summed E-state index contributed by atoms with van der Waals surface area (Å²) in [5, 5.41) is 3.59. The minimum Gasteiger partial charge on any atom is -0.495 e. The standard InChI is InChI=1S/C12H13FN2O3/c1-16-6-8-9(13)4-3-7(12(8)17-2)10-5-11(14)15-18-10/h3-5H,6H2,1-2H3,(H2,14,15). The molecule has 5 nitrogen and oxygen atoms in total. The average Bonchev–Trinajstić information content (AvgIpc) is 2.78. The van der Waals surface area contributed by atoms with E-state index in [2.05, 4.69) is 5.16 Å². The van der Waals surface area contributed by atoms with Crippen molar-refractivity contribution in [3.8, 4) is 17.1 Å². The van der Waals surface area contributed by atoms with Crippen LogP contribution in [0.2, 0.25) is 0 Å². The summed E-state index contributed by atoms with van der Waals surface area (Å²) in [6, 6.07) is 4.42. The van der Waals surface area contributed by atoms with Crippen molar-refractivity contribution in [2.24, 2.45) is 0 Å². The molecule has 0 aliphatic carbocycles. The van der Waals surface area contributed by atoms with Gasteiger partial charge in [-0.15, -0.1) is 0 Å². The molecule has 0 amide bonds. The van der Waals surface area contributed by atoms with E-state index in [4.69, 9.17) is 19.7 Å². The quantitative estimate of drug-likeness (QED) is 0.903. The highest BCUT2D eigenvalue weighted by molar-refractivity contribution is 5.69. The zero-order chi connectivity index (χ0) is 13.1. The molecule has 1 aromatic heterocycles. The number of hydrogen-bond donors (Lipinski definition) is 1. The molecule has 2 aromatic rings. The van der Waals surface area contributed by atoms with Crippen molar-refractivity contribution in [3.63, 3.8) is 0 Å². The van der Waals surface area contributed by atoms with Crippen LogP contribution in [0.4, 0.5) is 10.2 Å². The highest BCUT2D eigenvalue weighted by Crippen LogP contribution is 2.35. The summed E-state index contributed by atoms with van der Waals surface area (Å²) in [5.41, 5.74) is 6.39. The second kappa shape index (κ2) is 5.05. The van der Waals surface area contributed by atoms with Gasteiger partial charge in [-0.25, -0.2) is 4.39 Å². The Hall–Kier alpha value is -2.08. The fourth-order valence-electron chi connectivity index (χ4n) is 1.73. The number of hydrogen-bond acceptors (Lipinski definition) is 5. The molecule has 0 saturated carbocycles. The molecule has 0 bridgehead atoms. The van der Waals surface area contributed by atoms with Crippen molar-refractivity contribution in [1.29, 1.82) is 0 Å². The van der Waals surface area contributed by atoms with Crippen LogP contribution >= 0.6 is 0 Å². The molecule has 0 atom stereocenters. The van der Waals surface area contributed by atoms with E-state index in [1.54, 1.807) is 12.1 Å². The monoisotopic (exact) mass is 252 g/mol. The number of anilines is 1. The third-order valence-corrected chi connectivity index (χ3v) is 2.49. The van der Waals surface area contributed by atoms with Crippen LogP contribution in [0.1, 0.15) is 5.56 Å². The molecule has 0 aliphatic rings. The van der Waals surface area contributed by atoms with Gasteiger partial charge in [-0.05, 0) is 12.1 Å². The van der Waals surface area contributed by atoms with E-state index >= 15 is 0 Å². The zero-order valence-corrected chi connectivity index (χ0v) is 10.1. The summed E-state index contributed by atoms with van der Waals surface area (Å²) >= 11 is 0. The van der Waals surface area contributed by atoms with E-state index in [-0.39, 0.29) is 12.4 Å². The van der Waals surface area contributed by atoms with Crippen LogP contribution in [-0.2, 0) is 11.3 Å². The maximum atomic E-state index is 13.7. The predicted molar refractivity (Wildman–Crippen MR) is 63.6 cm³/mol. The van der Waals surface area contributed by atoms with Crippen molar-refractivity contribution >= 4 is 5.82 Å². The average molecular weight is 252 g/mol. The van der Waals surface area contributed by atoms with Crippen LogP contribution in [0, 0.1) is 5.82 Å². The number of nitrogens with two attached hydrogens (primary N) is 1. The highest BCUT2D eigenvalue weighted by Gasteiger charge is 2.18. The molecule has 1 aromatic carbocycles. The number of aromatic nitrogens is 1. The summed E-state index contributed by atoms with van der Waals surface area (Å²) in [6.45, 7) is 0.104. The molecule has 0 unspecified atom stereocenters. The molecule has 0 radical (unpaired) electrons. The van der Waals surface area contributed by atoms with Gasteiger partial charge in [0.15, 0.2) is 11.6 Å². The minimum atomic E-state index is -0.398. The predicted octanol–water partition coefficient (Wildman–Crippen LogP) is 2.22. The number of methoxy groups -OCH3 is 2. The van der Waals surface area contributed by atoms with Crippen molar-refractivity contribution in [3.05, 3.63) is 29.6 Å². The molecule has 2 N–H and O–H groups in total. The van der Waals surface area contributed by atoms with Gasteiger partial charge in [0.05, 0.1) is 24.8 Å². The number of rotatable bonds is 4. The van der Waals surface area contributed by atoms with Crippen molar-refractivity contribution in [2.45, 2.75) is 6.61 Å². The maximum Gasteiger partial charge on any atom is 0.172 e. The lowest BCUT2D eigenvalue weighted by atomic mass is 10.1. The Morgan fingerprint density at radius 1 is 1.39 bits per heavy atom. The first-order valence-electron chi connectivity index (χ1n) is 5.24. The van der Waals surface area contributed by atoms with Crippen molar-refractivity contribution < 1.29 is 18.4 Å². The first-order chi connectivity index (χ1) is 8.67. The molecule has 96 valence electrons. The topological polar surface area (TPSA) is 70.5 Å². The van der Waals surface area contributed by atoms with Crippen LogP contribution in [-0.4, -0.2) is 19.4 Å². The highest BCUT2D eigenvalue weighted by atomic mass is 19.1. The maximum absolute atomic E-state index is 13.7. The molecular weight excluding hydrogens is 239 g/mol. The normalized spacial score (nSPS) is 10.6. The van der Waals surface area contributed by atoms with Crippen LogP contribution in [0.5, 0.6) is 5.75 Å². The number of nitrogens with zero attached hydrogens (tertiary/aromatic N) is 1. The Bertz CT molecular complexity index is 554.